The van der Waals surface area contributed by atoms with Crippen molar-refractivity contribution in [1.82, 2.24) is 0 Å². The molecule has 0 bridgehead atoms. The Morgan fingerprint density at radius 2 is 2.00 bits per heavy atom. The summed E-state index contributed by atoms with van der Waals surface area (Å²) in [6.07, 6.45) is 3.56. The number of allylic oxidation sites excluding steroid dienone is 1. The Morgan fingerprint density at radius 3 is 2.11 bits per heavy atom. The monoisotopic (exact) mass is 140 g/mol. The van der Waals surface area contributed by atoms with Gasteiger partial charge in [0.15, 0.2) is 0 Å². The van der Waals surface area contributed by atoms with Gasteiger partial charge in [0.05, 0.1) is 0 Å². The zero-order valence-electron chi connectivity index (χ0n) is 6.65. The Balaban J connectivity index is 2.42. The first-order valence-corrected chi connectivity index (χ1v) is 7.26. The van der Waals surface area contributed by atoms with Gasteiger partial charge in [-0.1, -0.05) is 25.7 Å². The highest BCUT2D eigenvalue weighted by atomic mass is 28.3. The predicted octanol–water partition coefficient (Wildman–Crippen LogP) is 2.90. The van der Waals surface area contributed by atoms with Crippen molar-refractivity contribution >= 4 is 8.07 Å². The minimum atomic E-state index is -0.779. The molecule has 0 aromatic rings. The molecule has 9 heavy (non-hydrogen) atoms. The first kappa shape index (κ1) is 7.07. The maximum Gasteiger partial charge on any atom is 0.0479 e. The molecule has 1 fully saturated rings. The molecular formula is C8H16Si. The van der Waals surface area contributed by atoms with Crippen molar-refractivity contribution in [1.29, 1.82) is 0 Å². The molecule has 0 aromatic heterocycles. The Hall–Kier alpha value is -0.0431. The SMILES string of the molecule is C=C[C@H]1C[C@@H]1[Si](C)(C)C. The molecule has 2 atom stereocenters. The molecule has 1 saturated carbocycles. The molecule has 1 aliphatic rings. The average Bonchev–Trinajstić information content (AvgIpc) is 2.39. The molecule has 1 rings (SSSR count). The van der Waals surface area contributed by atoms with Crippen LogP contribution in [0.2, 0.25) is 25.2 Å². The van der Waals surface area contributed by atoms with Gasteiger partial charge < -0.3 is 0 Å². The standard InChI is InChI=1S/C8H16Si/c1-5-7-6-8(7)9(2,3)4/h5,7-8H,1,6H2,2-4H3/t7-,8-/m0/s1. The summed E-state index contributed by atoms with van der Waals surface area (Å²) in [5, 5.41) is 0. The molecule has 0 N–H and O–H groups in total. The van der Waals surface area contributed by atoms with Gasteiger partial charge >= 0.3 is 0 Å². The van der Waals surface area contributed by atoms with E-state index in [0.29, 0.717) is 0 Å². The van der Waals surface area contributed by atoms with Crippen LogP contribution < -0.4 is 0 Å². The molecule has 1 heteroatoms. The van der Waals surface area contributed by atoms with E-state index in [-0.39, 0.29) is 0 Å². The van der Waals surface area contributed by atoms with Gasteiger partial charge in [0.1, 0.15) is 0 Å². The van der Waals surface area contributed by atoms with E-state index >= 15 is 0 Å². The van der Waals surface area contributed by atoms with Gasteiger partial charge in [-0.2, -0.15) is 0 Å². The predicted molar refractivity (Wildman–Crippen MR) is 45.4 cm³/mol. The normalized spacial score (nSPS) is 34.1. The van der Waals surface area contributed by atoms with Crippen LogP contribution in [0.3, 0.4) is 0 Å². The fourth-order valence-corrected chi connectivity index (χ4v) is 3.87. The average molecular weight is 140 g/mol. The Bertz CT molecular complexity index is 121. The fraction of sp³-hybridized carbons (Fsp3) is 0.750. The molecule has 52 valence electrons. The topological polar surface area (TPSA) is 0 Å². The maximum absolute atomic E-state index is 3.81. The number of hydrogen-bond acceptors (Lipinski definition) is 0. The van der Waals surface area contributed by atoms with Crippen LogP contribution in [0, 0.1) is 5.92 Å². The lowest BCUT2D eigenvalue weighted by atomic mass is 10.4. The third-order valence-electron chi connectivity index (χ3n) is 2.25. The molecule has 0 saturated heterocycles. The highest BCUT2D eigenvalue weighted by Gasteiger charge is 2.43. The summed E-state index contributed by atoms with van der Waals surface area (Å²) in [4.78, 5) is 0. The van der Waals surface area contributed by atoms with Gasteiger partial charge in [0.2, 0.25) is 0 Å². The van der Waals surface area contributed by atoms with Gasteiger partial charge in [0.25, 0.3) is 0 Å². The van der Waals surface area contributed by atoms with Crippen LogP contribution in [0.1, 0.15) is 6.42 Å². The Labute approximate surface area is 59.0 Å². The first-order chi connectivity index (χ1) is 4.05. The Kier molecular flexibility index (Phi) is 1.55. The summed E-state index contributed by atoms with van der Waals surface area (Å²) in [5.74, 6) is 0.886. The smallest absolute Gasteiger partial charge is 0.0479 e. The second-order valence-electron chi connectivity index (χ2n) is 4.11. The molecule has 0 unspecified atom stereocenters. The van der Waals surface area contributed by atoms with E-state index < -0.39 is 8.07 Å². The van der Waals surface area contributed by atoms with Crippen LogP contribution in [-0.2, 0) is 0 Å². The minimum absolute atomic E-state index is 0.779. The minimum Gasteiger partial charge on any atom is -0.103 e. The van der Waals surface area contributed by atoms with Crippen molar-refractivity contribution < 1.29 is 0 Å². The van der Waals surface area contributed by atoms with Crippen molar-refractivity contribution in [3.8, 4) is 0 Å². The summed E-state index contributed by atoms with van der Waals surface area (Å²) in [6.45, 7) is 11.1. The van der Waals surface area contributed by atoms with E-state index in [1.165, 1.54) is 6.42 Å². The quantitative estimate of drug-likeness (QED) is 0.409. The fourth-order valence-electron chi connectivity index (χ4n) is 1.47. The third kappa shape index (κ3) is 1.45. The number of hydrogen-bond donors (Lipinski definition) is 0. The molecule has 0 amide bonds. The lowest BCUT2D eigenvalue weighted by Gasteiger charge is -2.13. The van der Waals surface area contributed by atoms with Gasteiger partial charge in [-0.15, -0.1) is 6.58 Å². The zero-order chi connectivity index (χ0) is 7.07. The second kappa shape index (κ2) is 1.98. The molecule has 0 radical (unpaired) electrons. The van der Waals surface area contributed by atoms with Gasteiger partial charge in [-0.3, -0.25) is 0 Å². The Morgan fingerprint density at radius 1 is 1.44 bits per heavy atom. The highest BCUT2D eigenvalue weighted by molar-refractivity contribution is 6.78. The van der Waals surface area contributed by atoms with E-state index in [1.54, 1.807) is 0 Å². The van der Waals surface area contributed by atoms with Crippen molar-refractivity contribution in [3.05, 3.63) is 12.7 Å². The lowest BCUT2D eigenvalue weighted by molar-refractivity contribution is 1.11. The van der Waals surface area contributed by atoms with Crippen LogP contribution in [-0.4, -0.2) is 8.07 Å². The molecule has 1 aliphatic carbocycles. The van der Waals surface area contributed by atoms with Crippen LogP contribution in [0.5, 0.6) is 0 Å². The van der Waals surface area contributed by atoms with Gasteiger partial charge in [-0.25, -0.2) is 0 Å². The molecule has 0 spiro atoms. The van der Waals surface area contributed by atoms with Crippen molar-refractivity contribution in [2.24, 2.45) is 5.92 Å². The van der Waals surface area contributed by atoms with Crippen molar-refractivity contribution in [2.45, 2.75) is 31.6 Å². The van der Waals surface area contributed by atoms with E-state index in [2.05, 4.69) is 32.3 Å². The van der Waals surface area contributed by atoms with Crippen LogP contribution in [0.4, 0.5) is 0 Å². The summed E-state index contributed by atoms with van der Waals surface area (Å²) >= 11 is 0. The van der Waals surface area contributed by atoms with Crippen LogP contribution in [0.25, 0.3) is 0 Å². The summed E-state index contributed by atoms with van der Waals surface area (Å²) < 4.78 is 0. The number of rotatable bonds is 2. The van der Waals surface area contributed by atoms with E-state index in [1.807, 2.05) is 0 Å². The van der Waals surface area contributed by atoms with Crippen LogP contribution >= 0.6 is 0 Å². The molecular weight excluding hydrogens is 124 g/mol. The molecule has 0 aliphatic heterocycles. The first-order valence-electron chi connectivity index (χ1n) is 3.68. The summed E-state index contributed by atoms with van der Waals surface area (Å²) in [7, 11) is -0.779. The van der Waals surface area contributed by atoms with Crippen molar-refractivity contribution in [3.63, 3.8) is 0 Å². The molecule has 0 nitrogen and oxygen atoms in total. The highest BCUT2D eigenvalue weighted by Crippen LogP contribution is 2.52. The van der Waals surface area contributed by atoms with Crippen LogP contribution in [0.15, 0.2) is 12.7 Å². The molecule has 0 heterocycles. The second-order valence-corrected chi connectivity index (χ2v) is 9.58. The maximum atomic E-state index is 3.81. The zero-order valence-corrected chi connectivity index (χ0v) is 7.65. The third-order valence-corrected chi connectivity index (χ3v) is 5.14. The largest absolute Gasteiger partial charge is 0.103 e. The van der Waals surface area contributed by atoms with Gasteiger partial charge in [-0.05, 0) is 17.9 Å². The lowest BCUT2D eigenvalue weighted by Crippen LogP contribution is -2.20. The summed E-state index contributed by atoms with van der Waals surface area (Å²) in [6, 6.07) is 0. The van der Waals surface area contributed by atoms with E-state index in [0.717, 1.165) is 11.5 Å². The van der Waals surface area contributed by atoms with Crippen molar-refractivity contribution in [2.75, 3.05) is 0 Å². The van der Waals surface area contributed by atoms with Gasteiger partial charge in [0, 0.05) is 8.07 Å². The molecule has 0 aromatic carbocycles. The van der Waals surface area contributed by atoms with E-state index in [4.69, 9.17) is 0 Å². The van der Waals surface area contributed by atoms with E-state index in [9.17, 15) is 0 Å². The summed E-state index contributed by atoms with van der Waals surface area (Å²) in [5.41, 5.74) is 1.05.